The fourth-order valence-electron chi connectivity index (χ4n) is 2.26. The van der Waals surface area contributed by atoms with Crippen LogP contribution in [0.4, 0.5) is 11.6 Å². The van der Waals surface area contributed by atoms with Gasteiger partial charge in [0, 0.05) is 27.1 Å². The van der Waals surface area contributed by atoms with Gasteiger partial charge in [-0.3, -0.25) is 10.1 Å². The first-order valence-corrected chi connectivity index (χ1v) is 12.4. The van der Waals surface area contributed by atoms with Gasteiger partial charge in [-0.1, -0.05) is 19.6 Å². The third-order valence-electron chi connectivity index (χ3n) is 3.82. The second kappa shape index (κ2) is 9.46. The van der Waals surface area contributed by atoms with E-state index in [1.807, 2.05) is 10.8 Å². The predicted octanol–water partition coefficient (Wildman–Crippen LogP) is 2.52. The maximum atomic E-state index is 11.2. The Morgan fingerprint density at radius 1 is 1.21 bits per heavy atom. The zero-order valence-corrected chi connectivity index (χ0v) is 17.8. The highest BCUT2D eigenvalue weighted by atomic mass is 28.3. The highest BCUT2D eigenvalue weighted by Gasteiger charge is 2.27. The number of methoxy groups -OCH3 is 2. The highest BCUT2D eigenvalue weighted by molar-refractivity contribution is 6.76. The topological polar surface area (TPSA) is 126 Å². The number of anilines is 1. The van der Waals surface area contributed by atoms with Crippen LogP contribution in [-0.4, -0.2) is 53.3 Å². The Morgan fingerprint density at radius 3 is 2.39 bits per heavy atom. The van der Waals surface area contributed by atoms with E-state index < -0.39 is 18.7 Å². The second-order valence-corrected chi connectivity index (χ2v) is 12.8. The number of nitrogens with zero attached hydrogens (tertiary/aromatic N) is 5. The SMILES string of the molecule is COc1nc(NCc2nccn2COCC[Si](C)(C)C)nc(OC)c1[N+](=O)[O-]. The Morgan fingerprint density at radius 2 is 1.86 bits per heavy atom. The minimum absolute atomic E-state index is 0.133. The number of nitrogens with one attached hydrogen (secondary N) is 1. The average Bonchev–Trinajstić information content (AvgIpc) is 3.08. The molecular weight excluding hydrogens is 384 g/mol. The Hall–Kier alpha value is -2.73. The molecule has 0 bridgehead atoms. The van der Waals surface area contributed by atoms with Crippen molar-refractivity contribution in [2.24, 2.45) is 0 Å². The first kappa shape index (κ1) is 21.6. The van der Waals surface area contributed by atoms with Gasteiger partial charge in [-0.25, -0.2) is 4.98 Å². The summed E-state index contributed by atoms with van der Waals surface area (Å²) in [6.07, 6.45) is 3.50. The van der Waals surface area contributed by atoms with Crippen LogP contribution in [0.3, 0.4) is 0 Å². The Kier molecular flexibility index (Phi) is 7.29. The number of hydrogen-bond donors (Lipinski definition) is 1. The number of ether oxygens (including phenoxy) is 3. The number of hydrogen-bond acceptors (Lipinski definition) is 9. The van der Waals surface area contributed by atoms with Crippen molar-refractivity contribution in [3.05, 3.63) is 28.3 Å². The molecule has 0 saturated heterocycles. The van der Waals surface area contributed by atoms with Crippen molar-refractivity contribution in [1.82, 2.24) is 19.5 Å². The smallest absolute Gasteiger partial charge is 0.392 e. The van der Waals surface area contributed by atoms with Crippen LogP contribution in [0, 0.1) is 10.1 Å². The van der Waals surface area contributed by atoms with E-state index in [4.69, 9.17) is 14.2 Å². The predicted molar refractivity (Wildman–Crippen MR) is 105 cm³/mol. The molecule has 2 heterocycles. The zero-order valence-electron chi connectivity index (χ0n) is 16.8. The fourth-order valence-corrected chi connectivity index (χ4v) is 3.02. The number of rotatable bonds is 11. The summed E-state index contributed by atoms with van der Waals surface area (Å²) in [5.74, 6) is 0.483. The van der Waals surface area contributed by atoms with Gasteiger partial charge >= 0.3 is 17.4 Å². The normalized spacial score (nSPS) is 11.3. The molecule has 2 rings (SSSR count). The van der Waals surface area contributed by atoms with Gasteiger partial charge in [-0.2, -0.15) is 9.97 Å². The Bertz CT molecular complexity index is 782. The average molecular weight is 411 g/mol. The van der Waals surface area contributed by atoms with E-state index in [9.17, 15) is 10.1 Å². The standard InChI is InChI=1S/C16H26N6O5Si/c1-25-14-13(22(23)24)15(26-2)20-16(19-14)18-10-12-17-6-7-21(12)11-27-8-9-28(3,4)5/h6-7H,8-11H2,1-5H3,(H,18,19,20). The molecule has 2 aromatic heterocycles. The van der Waals surface area contributed by atoms with Gasteiger partial charge in [0.25, 0.3) is 0 Å². The summed E-state index contributed by atoms with van der Waals surface area (Å²) in [6.45, 7) is 8.31. The van der Waals surface area contributed by atoms with E-state index in [1.54, 1.807) is 6.20 Å². The molecule has 12 heteroatoms. The van der Waals surface area contributed by atoms with Crippen LogP contribution in [0.15, 0.2) is 12.4 Å². The molecule has 0 aliphatic rings. The molecule has 0 atom stereocenters. The molecule has 0 aliphatic carbocycles. The van der Waals surface area contributed by atoms with E-state index in [1.165, 1.54) is 14.2 Å². The molecule has 0 spiro atoms. The monoisotopic (exact) mass is 410 g/mol. The second-order valence-electron chi connectivity index (χ2n) is 7.19. The van der Waals surface area contributed by atoms with Crippen molar-refractivity contribution in [3.8, 4) is 11.8 Å². The Balaban J connectivity index is 2.03. The largest absolute Gasteiger partial charge is 0.476 e. The molecule has 154 valence electrons. The molecule has 0 aliphatic heterocycles. The van der Waals surface area contributed by atoms with E-state index in [2.05, 4.69) is 39.9 Å². The van der Waals surface area contributed by atoms with Gasteiger partial charge < -0.3 is 24.1 Å². The summed E-state index contributed by atoms with van der Waals surface area (Å²) in [5, 5.41) is 14.1. The first-order valence-electron chi connectivity index (χ1n) is 8.71. The third-order valence-corrected chi connectivity index (χ3v) is 5.53. The van der Waals surface area contributed by atoms with Crippen molar-refractivity contribution in [1.29, 1.82) is 0 Å². The molecule has 0 saturated carbocycles. The quantitative estimate of drug-likeness (QED) is 0.257. The first-order chi connectivity index (χ1) is 13.2. The van der Waals surface area contributed by atoms with Gasteiger partial charge in [-0.15, -0.1) is 0 Å². The van der Waals surface area contributed by atoms with E-state index in [-0.39, 0.29) is 17.7 Å². The molecule has 0 fully saturated rings. The molecular formula is C16H26N6O5Si. The summed E-state index contributed by atoms with van der Waals surface area (Å²) in [5.41, 5.74) is -0.423. The maximum absolute atomic E-state index is 11.2. The molecule has 2 aromatic rings. The van der Waals surface area contributed by atoms with Crippen LogP contribution in [-0.2, 0) is 18.0 Å². The lowest BCUT2D eigenvalue weighted by molar-refractivity contribution is -0.387. The van der Waals surface area contributed by atoms with Gasteiger partial charge in [0.2, 0.25) is 5.95 Å². The van der Waals surface area contributed by atoms with Crippen LogP contribution >= 0.6 is 0 Å². The lowest BCUT2D eigenvalue weighted by Gasteiger charge is -2.16. The number of aromatic nitrogens is 4. The van der Waals surface area contributed by atoms with Crippen LogP contribution in [0.25, 0.3) is 0 Å². The summed E-state index contributed by atoms with van der Waals surface area (Å²) in [6, 6.07) is 1.09. The van der Waals surface area contributed by atoms with Crippen molar-refractivity contribution in [2.75, 3.05) is 26.1 Å². The number of nitro groups is 1. The van der Waals surface area contributed by atoms with Gasteiger partial charge in [0.1, 0.15) is 12.6 Å². The van der Waals surface area contributed by atoms with Crippen molar-refractivity contribution >= 4 is 19.7 Å². The van der Waals surface area contributed by atoms with Gasteiger partial charge in [0.15, 0.2) is 0 Å². The van der Waals surface area contributed by atoms with Crippen LogP contribution < -0.4 is 14.8 Å². The highest BCUT2D eigenvalue weighted by Crippen LogP contribution is 2.34. The molecule has 0 radical (unpaired) electrons. The third kappa shape index (κ3) is 5.89. The van der Waals surface area contributed by atoms with Crippen molar-refractivity contribution in [3.63, 3.8) is 0 Å². The van der Waals surface area contributed by atoms with Crippen LogP contribution in [0.5, 0.6) is 11.8 Å². The van der Waals surface area contributed by atoms with Gasteiger partial charge in [-0.05, 0) is 6.04 Å². The van der Waals surface area contributed by atoms with Crippen LogP contribution in [0.2, 0.25) is 25.7 Å². The molecule has 0 unspecified atom stereocenters. The zero-order chi connectivity index (χ0) is 20.7. The van der Waals surface area contributed by atoms with Crippen molar-refractivity contribution < 1.29 is 19.1 Å². The molecule has 0 amide bonds. The molecule has 1 N–H and O–H groups in total. The summed E-state index contributed by atoms with van der Waals surface area (Å²) >= 11 is 0. The molecule has 0 aromatic carbocycles. The van der Waals surface area contributed by atoms with Gasteiger partial charge in [0.05, 0.1) is 25.7 Å². The van der Waals surface area contributed by atoms with E-state index in [0.29, 0.717) is 25.7 Å². The lowest BCUT2D eigenvalue weighted by atomic mass is 10.5. The summed E-state index contributed by atoms with van der Waals surface area (Å²) in [4.78, 5) is 22.9. The van der Waals surface area contributed by atoms with Crippen LogP contribution in [0.1, 0.15) is 5.82 Å². The van der Waals surface area contributed by atoms with Crippen molar-refractivity contribution in [2.45, 2.75) is 39.0 Å². The minimum atomic E-state index is -1.13. The Labute approximate surface area is 164 Å². The number of imidazole rings is 1. The summed E-state index contributed by atoms with van der Waals surface area (Å²) < 4.78 is 17.6. The minimum Gasteiger partial charge on any atom is -0.476 e. The fraction of sp³-hybridized carbons (Fsp3) is 0.562. The lowest BCUT2D eigenvalue weighted by Crippen LogP contribution is -2.22. The maximum Gasteiger partial charge on any atom is 0.392 e. The van der Waals surface area contributed by atoms with E-state index >= 15 is 0 Å². The molecule has 28 heavy (non-hydrogen) atoms. The molecule has 11 nitrogen and oxygen atoms in total. The van der Waals surface area contributed by atoms with E-state index in [0.717, 1.165) is 6.04 Å². The summed E-state index contributed by atoms with van der Waals surface area (Å²) in [7, 11) is 1.46.